The van der Waals surface area contributed by atoms with Crippen molar-refractivity contribution in [3.05, 3.63) is 72.4 Å². The van der Waals surface area contributed by atoms with Crippen LogP contribution in [0.4, 0.5) is 30.7 Å². The van der Waals surface area contributed by atoms with Crippen LogP contribution in [0.1, 0.15) is 5.69 Å². The Morgan fingerprint density at radius 1 is 0.607 bits per heavy atom. The number of benzene rings is 2. The zero-order valence-electron chi connectivity index (χ0n) is 13.9. The molecule has 146 valence electrons. The van der Waals surface area contributed by atoms with Crippen molar-refractivity contribution in [1.29, 1.82) is 0 Å². The third-order valence-electron chi connectivity index (χ3n) is 3.90. The average Bonchev–Trinajstić information content (AvgIpc) is 2.68. The van der Waals surface area contributed by atoms with Crippen LogP contribution in [0.15, 0.2) is 66.7 Å². The second kappa shape index (κ2) is 6.88. The van der Waals surface area contributed by atoms with E-state index in [0.29, 0.717) is 6.07 Å². The number of halogens is 7. The molecule has 0 radical (unpaired) electrons. The summed E-state index contributed by atoms with van der Waals surface area (Å²) in [5.41, 5.74) is -1.48. The van der Waals surface area contributed by atoms with Crippen LogP contribution in [-0.2, 0) is 5.92 Å². The Bertz CT molecular complexity index is 897. The van der Waals surface area contributed by atoms with Crippen LogP contribution in [0.2, 0.25) is 0 Å². The Kier molecular flexibility index (Phi) is 4.86. The van der Waals surface area contributed by atoms with Gasteiger partial charge in [-0.25, -0.2) is 9.97 Å². The highest BCUT2D eigenvalue weighted by atomic mass is 19.4. The summed E-state index contributed by atoms with van der Waals surface area (Å²) in [7, 11) is 0. The molecule has 1 heterocycles. The van der Waals surface area contributed by atoms with Gasteiger partial charge in [0.15, 0.2) is 5.82 Å². The number of nitrogens with zero attached hydrogens (tertiary/aromatic N) is 2. The van der Waals surface area contributed by atoms with Crippen molar-refractivity contribution in [1.82, 2.24) is 9.97 Å². The zero-order chi connectivity index (χ0) is 20.6. The van der Waals surface area contributed by atoms with Gasteiger partial charge in [0.25, 0.3) is 0 Å². The Morgan fingerprint density at radius 2 is 1.11 bits per heavy atom. The molecule has 0 unspecified atom stereocenters. The molecule has 3 aromatic rings. The summed E-state index contributed by atoms with van der Waals surface area (Å²) in [5.74, 6) is -12.3. The molecule has 9 heteroatoms. The molecular formula is C19H11F7N2. The van der Waals surface area contributed by atoms with E-state index in [2.05, 4.69) is 9.97 Å². The summed E-state index contributed by atoms with van der Waals surface area (Å²) < 4.78 is 93.3. The monoisotopic (exact) mass is 400 g/mol. The molecule has 3 rings (SSSR count). The molecule has 0 saturated carbocycles. The van der Waals surface area contributed by atoms with Gasteiger partial charge in [0, 0.05) is 11.1 Å². The maximum atomic E-state index is 14.3. The molecule has 0 N–H and O–H groups in total. The molecule has 0 aliphatic rings. The SMILES string of the molecule is FC(F)(F)C(F)(F)C(F)(F)c1cc(-c2ccccc2)nc(-c2ccccc2)n1. The third-order valence-corrected chi connectivity index (χ3v) is 3.90. The maximum Gasteiger partial charge on any atom is 0.460 e. The van der Waals surface area contributed by atoms with Crippen molar-refractivity contribution in [2.75, 3.05) is 0 Å². The lowest BCUT2D eigenvalue weighted by molar-refractivity contribution is -0.360. The van der Waals surface area contributed by atoms with Crippen LogP contribution in [0.5, 0.6) is 0 Å². The Morgan fingerprint density at radius 3 is 1.61 bits per heavy atom. The summed E-state index contributed by atoms with van der Waals surface area (Å²) in [6.07, 6.45) is -6.46. The minimum absolute atomic E-state index is 0.188. The summed E-state index contributed by atoms with van der Waals surface area (Å²) in [6, 6.07) is 15.6. The Balaban J connectivity index is 2.24. The smallest absolute Gasteiger partial charge is 0.228 e. The maximum absolute atomic E-state index is 14.3. The molecule has 1 aromatic heterocycles. The Labute approximate surface area is 154 Å². The highest BCUT2D eigenvalue weighted by Crippen LogP contribution is 2.51. The largest absolute Gasteiger partial charge is 0.460 e. The van der Waals surface area contributed by atoms with Gasteiger partial charge in [-0.2, -0.15) is 30.7 Å². The van der Waals surface area contributed by atoms with Crippen molar-refractivity contribution >= 4 is 0 Å². The van der Waals surface area contributed by atoms with Crippen molar-refractivity contribution in [3.63, 3.8) is 0 Å². The predicted octanol–water partition coefficient (Wildman–Crippen LogP) is 6.10. The lowest BCUT2D eigenvalue weighted by atomic mass is 10.0. The van der Waals surface area contributed by atoms with E-state index in [1.165, 1.54) is 36.4 Å². The first-order valence-electron chi connectivity index (χ1n) is 7.87. The number of rotatable bonds is 4. The second-order valence-corrected chi connectivity index (χ2v) is 5.84. The molecule has 0 aliphatic heterocycles. The van der Waals surface area contributed by atoms with E-state index in [1.54, 1.807) is 24.3 Å². The van der Waals surface area contributed by atoms with Gasteiger partial charge in [0.05, 0.1) is 5.69 Å². The van der Waals surface area contributed by atoms with Gasteiger partial charge >= 0.3 is 18.0 Å². The normalized spacial score (nSPS) is 12.8. The number of hydrogen-bond donors (Lipinski definition) is 0. The standard InChI is InChI=1S/C19H11F7N2/c20-17(21,18(22,23)19(24,25)26)15-11-14(12-7-3-1-4-8-12)27-16(28-15)13-9-5-2-6-10-13/h1-11H. The summed E-state index contributed by atoms with van der Waals surface area (Å²) in [4.78, 5) is 7.40. The van der Waals surface area contributed by atoms with Gasteiger partial charge in [-0.15, -0.1) is 0 Å². The first kappa shape index (κ1) is 19.8. The predicted molar refractivity (Wildman–Crippen MR) is 87.8 cm³/mol. The zero-order valence-corrected chi connectivity index (χ0v) is 13.9. The van der Waals surface area contributed by atoms with E-state index < -0.39 is 29.5 Å². The minimum Gasteiger partial charge on any atom is -0.228 e. The van der Waals surface area contributed by atoms with Crippen molar-refractivity contribution < 1.29 is 30.7 Å². The van der Waals surface area contributed by atoms with E-state index in [-0.39, 0.29) is 16.8 Å². The molecule has 0 saturated heterocycles. The molecule has 2 aromatic carbocycles. The molecule has 0 aliphatic carbocycles. The molecule has 28 heavy (non-hydrogen) atoms. The number of hydrogen-bond acceptors (Lipinski definition) is 2. The number of aromatic nitrogens is 2. The van der Waals surface area contributed by atoms with Gasteiger partial charge in [0.2, 0.25) is 0 Å². The molecular weight excluding hydrogens is 389 g/mol. The topological polar surface area (TPSA) is 25.8 Å². The lowest BCUT2D eigenvalue weighted by Gasteiger charge is -2.28. The van der Waals surface area contributed by atoms with Crippen LogP contribution in [0, 0.1) is 0 Å². The molecule has 0 bridgehead atoms. The highest BCUT2D eigenvalue weighted by Gasteiger charge is 2.74. The van der Waals surface area contributed by atoms with Crippen LogP contribution in [0.3, 0.4) is 0 Å². The van der Waals surface area contributed by atoms with Gasteiger partial charge < -0.3 is 0 Å². The van der Waals surface area contributed by atoms with Crippen LogP contribution in [-0.4, -0.2) is 22.1 Å². The lowest BCUT2D eigenvalue weighted by Crippen LogP contribution is -2.50. The molecule has 2 nitrogen and oxygen atoms in total. The van der Waals surface area contributed by atoms with Crippen molar-refractivity contribution in [2.24, 2.45) is 0 Å². The fourth-order valence-corrected chi connectivity index (χ4v) is 2.42. The van der Waals surface area contributed by atoms with Gasteiger partial charge in [-0.1, -0.05) is 60.7 Å². The number of alkyl halides is 7. The van der Waals surface area contributed by atoms with E-state index in [0.717, 1.165) is 0 Å². The van der Waals surface area contributed by atoms with E-state index in [4.69, 9.17) is 0 Å². The Hall–Kier alpha value is -2.97. The van der Waals surface area contributed by atoms with Gasteiger partial charge in [-0.3, -0.25) is 0 Å². The minimum atomic E-state index is -6.46. The van der Waals surface area contributed by atoms with E-state index in [9.17, 15) is 30.7 Å². The van der Waals surface area contributed by atoms with Crippen LogP contribution in [0.25, 0.3) is 22.6 Å². The van der Waals surface area contributed by atoms with Crippen molar-refractivity contribution in [2.45, 2.75) is 18.0 Å². The van der Waals surface area contributed by atoms with E-state index >= 15 is 0 Å². The van der Waals surface area contributed by atoms with Crippen LogP contribution >= 0.6 is 0 Å². The average molecular weight is 400 g/mol. The van der Waals surface area contributed by atoms with Crippen LogP contribution < -0.4 is 0 Å². The molecule has 0 amide bonds. The van der Waals surface area contributed by atoms with E-state index in [1.807, 2.05) is 0 Å². The van der Waals surface area contributed by atoms with Gasteiger partial charge in [-0.05, 0) is 6.07 Å². The summed E-state index contributed by atoms with van der Waals surface area (Å²) in [5, 5.41) is 0. The van der Waals surface area contributed by atoms with Crippen molar-refractivity contribution in [3.8, 4) is 22.6 Å². The quantitative estimate of drug-likeness (QED) is 0.495. The van der Waals surface area contributed by atoms with Gasteiger partial charge in [0.1, 0.15) is 5.69 Å². The summed E-state index contributed by atoms with van der Waals surface area (Å²) in [6.45, 7) is 0. The third kappa shape index (κ3) is 3.44. The molecule has 0 fully saturated rings. The second-order valence-electron chi connectivity index (χ2n) is 5.84. The first-order chi connectivity index (χ1) is 13.0. The highest BCUT2D eigenvalue weighted by molar-refractivity contribution is 5.64. The molecule has 0 atom stereocenters. The summed E-state index contributed by atoms with van der Waals surface area (Å²) >= 11 is 0. The first-order valence-corrected chi connectivity index (χ1v) is 7.87. The fourth-order valence-electron chi connectivity index (χ4n) is 2.42. The fraction of sp³-hybridized carbons (Fsp3) is 0.158. The molecule has 0 spiro atoms.